The van der Waals surface area contributed by atoms with E-state index in [0.29, 0.717) is 12.0 Å². The van der Waals surface area contributed by atoms with Gasteiger partial charge in [0.2, 0.25) is 0 Å². The fourth-order valence-corrected chi connectivity index (χ4v) is 0.719. The molecule has 0 aliphatic carbocycles. The van der Waals surface area contributed by atoms with E-state index in [0.717, 1.165) is 0 Å². The Bertz CT molecular complexity index is 270. The summed E-state index contributed by atoms with van der Waals surface area (Å²) in [7, 11) is 0. The molecule has 0 spiro atoms. The molecule has 0 aromatic carbocycles. The van der Waals surface area contributed by atoms with Gasteiger partial charge in [-0.2, -0.15) is 0 Å². The molecule has 58 valence electrons. The first-order valence-corrected chi connectivity index (χ1v) is 3.03. The molecule has 0 saturated carbocycles. The molecule has 3 heteroatoms. The number of halogens is 2. The zero-order chi connectivity index (χ0) is 8.27. The van der Waals surface area contributed by atoms with E-state index < -0.39 is 6.43 Å². The third-order valence-corrected chi connectivity index (χ3v) is 1.20. The summed E-state index contributed by atoms with van der Waals surface area (Å²) in [5.41, 5.74) is 0.614. The molecule has 1 aromatic rings. The van der Waals surface area contributed by atoms with Crippen molar-refractivity contribution in [1.82, 2.24) is 0 Å². The largest absolute Gasteiger partial charge is 0.463 e. The Labute approximate surface area is 63.0 Å². The Morgan fingerprint density at radius 2 is 2.36 bits per heavy atom. The van der Waals surface area contributed by atoms with Crippen LogP contribution in [0.25, 0.3) is 0 Å². The average Bonchev–Trinajstić information content (AvgIpc) is 2.37. The van der Waals surface area contributed by atoms with E-state index in [1.54, 1.807) is 0 Å². The predicted molar refractivity (Wildman–Crippen MR) is 36.2 cm³/mol. The summed E-state index contributed by atoms with van der Waals surface area (Å²) in [5, 5.41) is 0. The average molecular weight is 156 g/mol. The van der Waals surface area contributed by atoms with Gasteiger partial charge < -0.3 is 4.42 Å². The topological polar surface area (TPSA) is 13.1 Å². The number of hydrogen-bond donors (Lipinski definition) is 0. The summed E-state index contributed by atoms with van der Waals surface area (Å²) in [4.78, 5) is 0. The predicted octanol–water partition coefficient (Wildman–Crippen LogP) is 2.39. The number of hydrogen-bond acceptors (Lipinski definition) is 1. The fraction of sp³-hybridized carbons (Fsp3) is 0.250. The first kappa shape index (κ1) is 7.80. The highest BCUT2D eigenvalue weighted by molar-refractivity contribution is 5.18. The van der Waals surface area contributed by atoms with Gasteiger partial charge in [0.05, 0.1) is 6.26 Å². The number of rotatable bonds is 2. The van der Waals surface area contributed by atoms with Crippen LogP contribution in [-0.2, 0) is 6.42 Å². The van der Waals surface area contributed by atoms with E-state index in [-0.39, 0.29) is 5.76 Å². The van der Waals surface area contributed by atoms with Crippen LogP contribution in [0.5, 0.6) is 0 Å². The SMILES string of the molecule is C#CCc1coc(C(F)F)c1. The van der Waals surface area contributed by atoms with Gasteiger partial charge in [-0.15, -0.1) is 12.3 Å². The summed E-state index contributed by atoms with van der Waals surface area (Å²) < 4.78 is 28.3. The fourth-order valence-electron chi connectivity index (χ4n) is 0.719. The van der Waals surface area contributed by atoms with Crippen molar-refractivity contribution in [3.05, 3.63) is 23.7 Å². The maximum atomic E-state index is 11.9. The van der Waals surface area contributed by atoms with Crippen LogP contribution in [0.15, 0.2) is 16.7 Å². The zero-order valence-corrected chi connectivity index (χ0v) is 5.68. The van der Waals surface area contributed by atoms with Crippen molar-refractivity contribution in [1.29, 1.82) is 0 Å². The zero-order valence-electron chi connectivity index (χ0n) is 5.68. The van der Waals surface area contributed by atoms with Crippen molar-refractivity contribution < 1.29 is 13.2 Å². The van der Waals surface area contributed by atoms with E-state index >= 15 is 0 Å². The van der Waals surface area contributed by atoms with Crippen molar-refractivity contribution in [3.8, 4) is 12.3 Å². The Kier molecular flexibility index (Phi) is 2.27. The van der Waals surface area contributed by atoms with Gasteiger partial charge >= 0.3 is 0 Å². The van der Waals surface area contributed by atoms with Crippen LogP contribution in [0.2, 0.25) is 0 Å². The summed E-state index contributed by atoms with van der Waals surface area (Å²) in [6.45, 7) is 0. The molecule has 0 bridgehead atoms. The first-order chi connectivity index (χ1) is 5.24. The van der Waals surface area contributed by atoms with Crippen molar-refractivity contribution in [2.24, 2.45) is 0 Å². The molecule has 11 heavy (non-hydrogen) atoms. The summed E-state index contributed by atoms with van der Waals surface area (Å²) >= 11 is 0. The first-order valence-electron chi connectivity index (χ1n) is 3.03. The Hall–Kier alpha value is -1.30. The van der Waals surface area contributed by atoms with E-state index in [1.165, 1.54) is 12.3 Å². The van der Waals surface area contributed by atoms with Crippen LogP contribution in [-0.4, -0.2) is 0 Å². The molecule has 0 aliphatic rings. The van der Waals surface area contributed by atoms with Gasteiger partial charge in [-0.25, -0.2) is 8.78 Å². The molecule has 0 atom stereocenters. The normalized spacial score (nSPS) is 10.0. The molecule has 1 heterocycles. The number of terminal acetylenes is 1. The molecule has 0 saturated heterocycles. The minimum Gasteiger partial charge on any atom is -0.463 e. The van der Waals surface area contributed by atoms with Gasteiger partial charge in [0.25, 0.3) is 6.43 Å². The third-order valence-electron chi connectivity index (χ3n) is 1.20. The highest BCUT2D eigenvalue weighted by atomic mass is 19.3. The molecule has 1 rings (SSSR count). The van der Waals surface area contributed by atoms with Crippen LogP contribution in [0.1, 0.15) is 17.7 Å². The highest BCUT2D eigenvalue weighted by Gasteiger charge is 2.11. The summed E-state index contributed by atoms with van der Waals surface area (Å²) in [5.74, 6) is 2.01. The monoisotopic (exact) mass is 156 g/mol. The number of alkyl halides is 2. The van der Waals surface area contributed by atoms with Gasteiger partial charge in [-0.05, 0) is 6.07 Å². The minimum atomic E-state index is -2.55. The number of furan rings is 1. The lowest BCUT2D eigenvalue weighted by Gasteiger charge is -1.87. The molecule has 0 radical (unpaired) electrons. The second-order valence-electron chi connectivity index (χ2n) is 2.04. The lowest BCUT2D eigenvalue weighted by atomic mass is 10.2. The molecule has 0 amide bonds. The maximum Gasteiger partial charge on any atom is 0.295 e. The molecule has 0 fully saturated rings. The molecule has 1 nitrogen and oxygen atoms in total. The van der Waals surface area contributed by atoms with E-state index in [2.05, 4.69) is 10.3 Å². The molecule has 1 aromatic heterocycles. The van der Waals surface area contributed by atoms with Crippen molar-refractivity contribution in [3.63, 3.8) is 0 Å². The third kappa shape index (κ3) is 1.81. The molecular weight excluding hydrogens is 150 g/mol. The quantitative estimate of drug-likeness (QED) is 0.599. The molecular formula is C8H6F2O. The lowest BCUT2D eigenvalue weighted by molar-refractivity contribution is 0.122. The maximum absolute atomic E-state index is 11.9. The van der Waals surface area contributed by atoms with Gasteiger partial charge in [-0.1, -0.05) is 0 Å². The molecule has 0 N–H and O–H groups in total. The van der Waals surface area contributed by atoms with Gasteiger partial charge in [-0.3, -0.25) is 0 Å². The second kappa shape index (κ2) is 3.20. The highest BCUT2D eigenvalue weighted by Crippen LogP contribution is 2.20. The molecule has 0 unspecified atom stereocenters. The molecule has 0 aliphatic heterocycles. The van der Waals surface area contributed by atoms with Crippen LogP contribution in [0.3, 0.4) is 0 Å². The van der Waals surface area contributed by atoms with Gasteiger partial charge in [0.15, 0.2) is 5.76 Å². The Morgan fingerprint density at radius 3 is 2.82 bits per heavy atom. The van der Waals surface area contributed by atoms with Gasteiger partial charge in [0.1, 0.15) is 0 Å². The van der Waals surface area contributed by atoms with E-state index in [9.17, 15) is 8.78 Å². The van der Waals surface area contributed by atoms with Gasteiger partial charge in [0, 0.05) is 12.0 Å². The second-order valence-corrected chi connectivity index (χ2v) is 2.04. The Balaban J connectivity index is 2.75. The summed E-state index contributed by atoms with van der Waals surface area (Å²) in [6, 6.07) is 1.27. The minimum absolute atomic E-state index is 0.324. The van der Waals surface area contributed by atoms with Crippen molar-refractivity contribution in [2.45, 2.75) is 12.8 Å². The smallest absolute Gasteiger partial charge is 0.295 e. The Morgan fingerprint density at radius 1 is 1.64 bits per heavy atom. The van der Waals surface area contributed by atoms with Crippen molar-refractivity contribution >= 4 is 0 Å². The van der Waals surface area contributed by atoms with Crippen molar-refractivity contribution in [2.75, 3.05) is 0 Å². The standard InChI is InChI=1S/C8H6F2O/c1-2-3-6-4-7(8(9)10)11-5-6/h1,4-5,8H,3H2. The lowest BCUT2D eigenvalue weighted by Crippen LogP contribution is -1.77. The summed E-state index contributed by atoms with van der Waals surface area (Å²) in [6.07, 6.45) is 3.99. The van der Waals surface area contributed by atoms with E-state index in [4.69, 9.17) is 6.42 Å². The van der Waals surface area contributed by atoms with Crippen LogP contribution in [0.4, 0.5) is 8.78 Å². The van der Waals surface area contributed by atoms with Crippen LogP contribution >= 0.6 is 0 Å². The van der Waals surface area contributed by atoms with E-state index in [1.807, 2.05) is 0 Å². The van der Waals surface area contributed by atoms with Crippen LogP contribution < -0.4 is 0 Å². The van der Waals surface area contributed by atoms with Crippen LogP contribution in [0, 0.1) is 12.3 Å².